The Balaban J connectivity index is 1.08. The predicted octanol–water partition coefficient (Wildman–Crippen LogP) is 18.4. The molecule has 0 bridgehead atoms. The molecule has 1 atom stereocenters. The van der Waals surface area contributed by atoms with Gasteiger partial charge in [0.15, 0.2) is 0 Å². The Morgan fingerprint density at radius 1 is 0.464 bits per heavy atom. The van der Waals surface area contributed by atoms with Crippen LogP contribution < -0.4 is 4.90 Å². The average molecular weight is 908 g/mol. The van der Waals surface area contributed by atoms with Crippen LogP contribution in [-0.2, 0) is 16.2 Å². The maximum atomic E-state index is 2.62. The van der Waals surface area contributed by atoms with Gasteiger partial charge in [0.1, 0.15) is 0 Å². The molecular weight excluding hydrogens is 851 g/mol. The molecule has 0 saturated carbocycles. The largest absolute Gasteiger partial charge is 0.312 e. The molecule has 336 valence electrons. The van der Waals surface area contributed by atoms with Crippen LogP contribution in [0.1, 0.15) is 92.8 Å². The summed E-state index contributed by atoms with van der Waals surface area (Å²) in [5, 5.41) is 2.45. The zero-order chi connectivity index (χ0) is 47.1. The van der Waals surface area contributed by atoms with Crippen molar-refractivity contribution in [2.24, 2.45) is 0 Å². The first-order valence-electron chi connectivity index (χ1n) is 24.6. The van der Waals surface area contributed by atoms with Crippen LogP contribution in [0.15, 0.2) is 234 Å². The first-order valence-corrected chi connectivity index (χ1v) is 25.4. The number of para-hydroxylation sites is 1. The van der Waals surface area contributed by atoms with Crippen molar-refractivity contribution in [3.63, 3.8) is 0 Å². The van der Waals surface area contributed by atoms with Gasteiger partial charge in [0, 0.05) is 32.4 Å². The van der Waals surface area contributed by atoms with Crippen molar-refractivity contribution >= 4 is 33.9 Å². The Hall–Kier alpha value is -7.13. The fourth-order valence-corrected chi connectivity index (χ4v) is 12.6. The van der Waals surface area contributed by atoms with E-state index >= 15 is 0 Å². The molecule has 1 heterocycles. The van der Waals surface area contributed by atoms with E-state index in [1.807, 2.05) is 11.8 Å². The summed E-state index contributed by atoms with van der Waals surface area (Å²) >= 11 is 1.94. The summed E-state index contributed by atoms with van der Waals surface area (Å²) in [6, 6.07) is 75.9. The maximum absolute atomic E-state index is 2.62. The van der Waals surface area contributed by atoms with Crippen LogP contribution in [0.4, 0.5) is 11.4 Å². The Morgan fingerprint density at radius 2 is 1.04 bits per heavy atom. The molecule has 9 aromatic carbocycles. The SMILES string of the molecule is CC(C)(C)c1ccc2c(c1)C1(c3cc(C(C)(C)C)ccc3S2)c2ccccc2-c2ccc(C3CC=CC=C3N(c3ccccc3-c3ccc(-c4ccccc4)cc3)c3cccc4ccccc34)cc21. The van der Waals surface area contributed by atoms with Crippen molar-refractivity contribution in [1.29, 1.82) is 0 Å². The van der Waals surface area contributed by atoms with Gasteiger partial charge in [-0.1, -0.05) is 241 Å². The lowest BCUT2D eigenvalue weighted by atomic mass is 9.65. The summed E-state index contributed by atoms with van der Waals surface area (Å²) in [6.07, 6.45) is 7.91. The summed E-state index contributed by atoms with van der Waals surface area (Å²) in [4.78, 5) is 5.26. The molecule has 2 aliphatic carbocycles. The molecule has 9 aromatic rings. The minimum Gasteiger partial charge on any atom is -0.312 e. The van der Waals surface area contributed by atoms with Crippen molar-refractivity contribution in [2.45, 2.75) is 79.9 Å². The molecule has 2 heteroatoms. The van der Waals surface area contributed by atoms with Crippen LogP contribution in [0.2, 0.25) is 0 Å². The molecule has 1 nitrogen and oxygen atoms in total. The molecule has 0 fully saturated rings. The zero-order valence-electron chi connectivity index (χ0n) is 40.4. The third-order valence-electron chi connectivity index (χ3n) is 15.0. The van der Waals surface area contributed by atoms with Gasteiger partial charge in [-0.3, -0.25) is 0 Å². The Labute approximate surface area is 412 Å². The smallest absolute Gasteiger partial charge is 0.0735 e. The van der Waals surface area contributed by atoms with Gasteiger partial charge in [0.2, 0.25) is 0 Å². The molecule has 3 aliphatic rings. The Bertz CT molecular complexity index is 3450. The first-order chi connectivity index (χ1) is 33.5. The number of allylic oxidation sites excluding steroid dienone is 4. The van der Waals surface area contributed by atoms with Crippen molar-refractivity contribution in [2.75, 3.05) is 4.90 Å². The quantitative estimate of drug-likeness (QED) is 0.164. The van der Waals surface area contributed by atoms with Crippen LogP contribution in [0.3, 0.4) is 0 Å². The normalized spacial score (nSPS) is 15.6. The van der Waals surface area contributed by atoms with Crippen molar-refractivity contribution in [1.82, 2.24) is 0 Å². The second-order valence-corrected chi connectivity index (χ2v) is 22.3. The van der Waals surface area contributed by atoms with Crippen LogP contribution >= 0.6 is 11.8 Å². The molecule has 69 heavy (non-hydrogen) atoms. The average Bonchev–Trinajstić information content (AvgIpc) is 3.66. The van der Waals surface area contributed by atoms with Gasteiger partial charge in [-0.15, -0.1) is 0 Å². The van der Waals surface area contributed by atoms with Crippen LogP contribution in [-0.4, -0.2) is 0 Å². The third kappa shape index (κ3) is 7.14. The molecule has 12 rings (SSSR count). The lowest BCUT2D eigenvalue weighted by Gasteiger charge is -2.42. The van der Waals surface area contributed by atoms with E-state index in [2.05, 4.69) is 265 Å². The van der Waals surface area contributed by atoms with Gasteiger partial charge >= 0.3 is 0 Å². The van der Waals surface area contributed by atoms with Crippen molar-refractivity contribution in [3.05, 3.63) is 263 Å². The lowest BCUT2D eigenvalue weighted by molar-refractivity contribution is 0.581. The second-order valence-electron chi connectivity index (χ2n) is 21.2. The topological polar surface area (TPSA) is 3.24 Å². The number of nitrogens with zero attached hydrogens (tertiary/aromatic N) is 1. The monoisotopic (exact) mass is 907 g/mol. The third-order valence-corrected chi connectivity index (χ3v) is 16.2. The van der Waals surface area contributed by atoms with E-state index in [1.165, 1.54) is 104 Å². The minimum atomic E-state index is -0.511. The van der Waals surface area contributed by atoms with E-state index in [4.69, 9.17) is 0 Å². The van der Waals surface area contributed by atoms with Crippen LogP contribution in [0.5, 0.6) is 0 Å². The fraction of sp³-hybridized carbons (Fsp3) is 0.164. The molecule has 0 aromatic heterocycles. The lowest BCUT2D eigenvalue weighted by Crippen LogP contribution is -2.33. The predicted molar refractivity (Wildman–Crippen MR) is 293 cm³/mol. The number of fused-ring (bicyclic) bond motifs is 10. The number of hydrogen-bond donors (Lipinski definition) is 0. The summed E-state index contributed by atoms with van der Waals surface area (Å²) in [7, 11) is 0. The van der Waals surface area contributed by atoms with E-state index in [-0.39, 0.29) is 16.7 Å². The molecule has 1 spiro atoms. The minimum absolute atomic E-state index is 0.0172. The highest BCUT2D eigenvalue weighted by atomic mass is 32.2. The van der Waals surface area contributed by atoms with E-state index < -0.39 is 5.41 Å². The van der Waals surface area contributed by atoms with E-state index in [0.29, 0.717) is 0 Å². The zero-order valence-corrected chi connectivity index (χ0v) is 41.2. The van der Waals surface area contributed by atoms with Gasteiger partial charge in [0.25, 0.3) is 0 Å². The highest BCUT2D eigenvalue weighted by Gasteiger charge is 2.51. The van der Waals surface area contributed by atoms with E-state index in [1.54, 1.807) is 0 Å². The summed E-state index contributed by atoms with van der Waals surface area (Å²) in [6.45, 7) is 14.1. The van der Waals surface area contributed by atoms with Gasteiger partial charge in [-0.2, -0.15) is 0 Å². The maximum Gasteiger partial charge on any atom is 0.0735 e. The molecule has 1 aliphatic heterocycles. The van der Waals surface area contributed by atoms with Gasteiger partial charge in [0.05, 0.1) is 16.8 Å². The van der Waals surface area contributed by atoms with Gasteiger partial charge in [-0.25, -0.2) is 0 Å². The standard InChI is InChI=1S/C67H57NS/c1-65(2,3)49-36-39-63-58(42-49)67(59-43-50(66(4,5)6)37-40-64(59)69-63)56-27-15-12-26-54(56)55-38-35-48(41-57(55)67)53-25-14-17-29-61(53)68(62-30-18-22-46-21-10-11-23-51(46)62)60-28-16-13-24-52(60)47-33-31-45(32-34-47)44-19-8-7-9-20-44/h7-24,26-43,53H,25H2,1-6H3. The Morgan fingerprint density at radius 3 is 1.77 bits per heavy atom. The number of benzene rings is 9. The van der Waals surface area contributed by atoms with Crippen LogP contribution in [0.25, 0.3) is 44.2 Å². The van der Waals surface area contributed by atoms with E-state index in [0.717, 1.165) is 12.1 Å². The number of anilines is 2. The molecule has 0 amide bonds. The van der Waals surface area contributed by atoms with Crippen LogP contribution in [0, 0.1) is 0 Å². The molecule has 0 radical (unpaired) electrons. The molecule has 0 saturated heterocycles. The number of rotatable bonds is 6. The summed E-state index contributed by atoms with van der Waals surface area (Å²) < 4.78 is 0. The van der Waals surface area contributed by atoms with Crippen molar-refractivity contribution in [3.8, 4) is 33.4 Å². The molecule has 0 N–H and O–H groups in total. The first kappa shape index (κ1) is 43.2. The van der Waals surface area contributed by atoms with E-state index in [9.17, 15) is 0 Å². The molecule has 1 unspecified atom stereocenters. The summed E-state index contributed by atoms with van der Waals surface area (Å²) in [5.41, 5.74) is 20.1. The van der Waals surface area contributed by atoms with Crippen molar-refractivity contribution < 1.29 is 0 Å². The molecular formula is C67H57NS. The fourth-order valence-electron chi connectivity index (χ4n) is 11.5. The summed E-state index contributed by atoms with van der Waals surface area (Å²) in [5.74, 6) is 0.0623. The highest BCUT2D eigenvalue weighted by Crippen LogP contribution is 2.63. The second kappa shape index (κ2) is 16.5. The van der Waals surface area contributed by atoms with Gasteiger partial charge in [-0.05, 0) is 120 Å². The highest BCUT2D eigenvalue weighted by molar-refractivity contribution is 7.99. The number of hydrogen-bond acceptors (Lipinski definition) is 2. The Kier molecular flexibility index (Phi) is 10.3. The van der Waals surface area contributed by atoms with Gasteiger partial charge < -0.3 is 4.90 Å².